The van der Waals surface area contributed by atoms with Gasteiger partial charge in [0.25, 0.3) is 0 Å². The third-order valence-electron chi connectivity index (χ3n) is 3.18. The van der Waals surface area contributed by atoms with E-state index in [1.807, 2.05) is 0 Å². The molecule has 21 heavy (non-hydrogen) atoms. The Morgan fingerprint density at radius 1 is 1.24 bits per heavy atom. The number of hydrogen-bond donors (Lipinski definition) is 2. The van der Waals surface area contributed by atoms with Gasteiger partial charge >= 0.3 is 0 Å². The van der Waals surface area contributed by atoms with E-state index in [4.69, 9.17) is 0 Å². The van der Waals surface area contributed by atoms with Gasteiger partial charge in [-0.25, -0.2) is 12.8 Å². The van der Waals surface area contributed by atoms with Crippen molar-refractivity contribution in [3.63, 3.8) is 0 Å². The van der Waals surface area contributed by atoms with Crippen LogP contribution in [0.4, 0.5) is 10.1 Å². The second-order valence-corrected chi connectivity index (χ2v) is 6.86. The highest BCUT2D eigenvalue weighted by atomic mass is 32.2. The number of piperazine rings is 1. The quantitative estimate of drug-likeness (QED) is 0.824. The minimum Gasteiger partial charge on any atom is -0.326 e. The van der Waals surface area contributed by atoms with E-state index in [1.165, 1.54) is 28.6 Å². The first-order valence-electron chi connectivity index (χ1n) is 6.71. The number of nitrogens with zero attached hydrogens (tertiary/aromatic N) is 1. The molecule has 0 saturated carbocycles. The third-order valence-corrected chi connectivity index (χ3v) is 5.06. The molecular weight excluding hydrogens is 297 g/mol. The number of carbonyl (C=O) groups excluding carboxylic acids is 1. The van der Waals surface area contributed by atoms with E-state index >= 15 is 0 Å². The molecule has 1 saturated heterocycles. The number of hydrogen-bond acceptors (Lipinski definition) is 4. The van der Waals surface area contributed by atoms with Gasteiger partial charge < -0.3 is 10.6 Å². The fourth-order valence-corrected chi connectivity index (χ4v) is 3.47. The first-order valence-corrected chi connectivity index (χ1v) is 8.32. The molecule has 116 valence electrons. The van der Waals surface area contributed by atoms with Crippen molar-refractivity contribution in [2.24, 2.45) is 0 Å². The summed E-state index contributed by atoms with van der Waals surface area (Å²) in [4.78, 5) is 11.7. The first-order chi connectivity index (χ1) is 9.97. The molecule has 0 unspecified atom stereocenters. The lowest BCUT2D eigenvalue weighted by Crippen LogP contribution is -2.47. The van der Waals surface area contributed by atoms with Gasteiger partial charge in [0.15, 0.2) is 0 Å². The Balaban J connectivity index is 1.84. The summed E-state index contributed by atoms with van der Waals surface area (Å²) in [6, 6.07) is 5.32. The minimum absolute atomic E-state index is 0.121. The van der Waals surface area contributed by atoms with Gasteiger partial charge in [-0.2, -0.15) is 4.31 Å². The third kappa shape index (κ3) is 4.76. The molecule has 1 aliphatic heterocycles. The van der Waals surface area contributed by atoms with Crippen molar-refractivity contribution < 1.29 is 17.6 Å². The molecule has 0 atom stereocenters. The minimum atomic E-state index is -3.40. The van der Waals surface area contributed by atoms with Crippen LogP contribution in [0.15, 0.2) is 24.3 Å². The predicted molar refractivity (Wildman–Crippen MR) is 77.9 cm³/mol. The molecule has 1 aliphatic rings. The zero-order valence-electron chi connectivity index (χ0n) is 11.5. The van der Waals surface area contributed by atoms with E-state index in [-0.39, 0.29) is 12.2 Å². The van der Waals surface area contributed by atoms with Crippen molar-refractivity contribution in [2.75, 3.05) is 37.2 Å². The summed E-state index contributed by atoms with van der Waals surface area (Å²) >= 11 is 0. The van der Waals surface area contributed by atoms with Crippen LogP contribution >= 0.6 is 0 Å². The number of carbonyl (C=O) groups is 1. The van der Waals surface area contributed by atoms with Crippen LogP contribution in [0, 0.1) is 5.82 Å². The second kappa shape index (κ2) is 6.97. The number of halogens is 1. The molecule has 0 bridgehead atoms. The number of benzene rings is 1. The summed E-state index contributed by atoms with van der Waals surface area (Å²) in [6.07, 6.45) is -0.121. The fraction of sp³-hybridized carbons (Fsp3) is 0.462. The Kier molecular flexibility index (Phi) is 5.27. The van der Waals surface area contributed by atoms with Crippen LogP contribution < -0.4 is 10.6 Å². The Labute approximate surface area is 123 Å². The largest absolute Gasteiger partial charge is 0.326 e. The zero-order chi connectivity index (χ0) is 15.3. The molecule has 0 aliphatic carbocycles. The van der Waals surface area contributed by atoms with E-state index in [0.717, 1.165) is 0 Å². The number of nitrogens with one attached hydrogen (secondary N) is 2. The van der Waals surface area contributed by atoms with E-state index in [1.54, 1.807) is 0 Å². The molecule has 1 aromatic rings. The van der Waals surface area contributed by atoms with Crippen LogP contribution in [0.1, 0.15) is 6.42 Å². The summed E-state index contributed by atoms with van der Waals surface area (Å²) in [5, 5.41) is 5.62. The molecule has 2 rings (SSSR count). The van der Waals surface area contributed by atoms with Gasteiger partial charge in [0.2, 0.25) is 15.9 Å². The van der Waals surface area contributed by atoms with Crippen molar-refractivity contribution >= 4 is 21.6 Å². The average molecular weight is 315 g/mol. The van der Waals surface area contributed by atoms with Gasteiger partial charge in [0.1, 0.15) is 5.82 Å². The van der Waals surface area contributed by atoms with Crippen LogP contribution in [-0.2, 0) is 14.8 Å². The second-order valence-electron chi connectivity index (χ2n) is 4.77. The lowest BCUT2D eigenvalue weighted by atomic mass is 10.3. The molecule has 6 nitrogen and oxygen atoms in total. The van der Waals surface area contributed by atoms with Crippen molar-refractivity contribution in [2.45, 2.75) is 6.42 Å². The Bertz CT molecular complexity index is 583. The molecule has 0 aromatic heterocycles. The SMILES string of the molecule is O=C(CCS(=O)(=O)N1CCNCC1)Nc1ccc(F)cc1. The molecule has 1 aromatic carbocycles. The van der Waals surface area contributed by atoms with Crippen LogP contribution in [0.3, 0.4) is 0 Å². The molecule has 1 amide bonds. The lowest BCUT2D eigenvalue weighted by Gasteiger charge is -2.26. The van der Waals surface area contributed by atoms with Crippen molar-refractivity contribution in [1.29, 1.82) is 0 Å². The van der Waals surface area contributed by atoms with Crippen LogP contribution in [0.2, 0.25) is 0 Å². The van der Waals surface area contributed by atoms with E-state index in [2.05, 4.69) is 10.6 Å². The van der Waals surface area contributed by atoms with Gasteiger partial charge in [0, 0.05) is 38.3 Å². The molecule has 0 spiro atoms. The topological polar surface area (TPSA) is 78.5 Å². The fourth-order valence-electron chi connectivity index (χ4n) is 2.03. The summed E-state index contributed by atoms with van der Waals surface area (Å²) < 4.78 is 38.2. The highest BCUT2D eigenvalue weighted by Crippen LogP contribution is 2.10. The number of rotatable bonds is 5. The molecule has 2 N–H and O–H groups in total. The summed E-state index contributed by atoms with van der Waals surface area (Å²) in [5.74, 6) is -1.02. The Morgan fingerprint density at radius 3 is 2.48 bits per heavy atom. The molecule has 1 fully saturated rings. The van der Waals surface area contributed by atoms with Gasteiger partial charge in [-0.15, -0.1) is 0 Å². The van der Waals surface area contributed by atoms with Crippen molar-refractivity contribution in [1.82, 2.24) is 9.62 Å². The van der Waals surface area contributed by atoms with Gasteiger partial charge in [-0.05, 0) is 24.3 Å². The number of sulfonamides is 1. The summed E-state index contributed by atoms with van der Waals surface area (Å²) in [7, 11) is -3.40. The van der Waals surface area contributed by atoms with E-state index in [9.17, 15) is 17.6 Å². The maximum Gasteiger partial charge on any atom is 0.225 e. The van der Waals surface area contributed by atoms with E-state index < -0.39 is 21.7 Å². The van der Waals surface area contributed by atoms with Crippen LogP contribution in [-0.4, -0.2) is 50.6 Å². The lowest BCUT2D eigenvalue weighted by molar-refractivity contribution is -0.115. The number of amides is 1. The van der Waals surface area contributed by atoms with Gasteiger partial charge in [-0.3, -0.25) is 4.79 Å². The summed E-state index contributed by atoms with van der Waals surface area (Å²) in [5.41, 5.74) is 0.445. The first kappa shape index (κ1) is 15.9. The summed E-state index contributed by atoms with van der Waals surface area (Å²) in [6.45, 7) is 2.12. The molecule has 0 radical (unpaired) electrons. The highest BCUT2D eigenvalue weighted by Gasteiger charge is 2.24. The molecule has 8 heteroatoms. The highest BCUT2D eigenvalue weighted by molar-refractivity contribution is 7.89. The molecule has 1 heterocycles. The van der Waals surface area contributed by atoms with Crippen LogP contribution in [0.25, 0.3) is 0 Å². The van der Waals surface area contributed by atoms with Crippen molar-refractivity contribution in [3.05, 3.63) is 30.1 Å². The smallest absolute Gasteiger partial charge is 0.225 e. The maximum atomic E-state index is 12.7. The van der Waals surface area contributed by atoms with Gasteiger partial charge in [-0.1, -0.05) is 0 Å². The Hall–Kier alpha value is -1.51. The van der Waals surface area contributed by atoms with Crippen LogP contribution in [0.5, 0.6) is 0 Å². The normalized spacial score (nSPS) is 16.6. The predicted octanol–water partition coefficient (Wildman–Crippen LogP) is 0.389. The maximum absolute atomic E-state index is 12.7. The van der Waals surface area contributed by atoms with E-state index in [0.29, 0.717) is 31.9 Å². The zero-order valence-corrected chi connectivity index (χ0v) is 12.3. The average Bonchev–Trinajstić information content (AvgIpc) is 2.49. The standard InChI is InChI=1S/C13H18FN3O3S/c14-11-1-3-12(4-2-11)16-13(18)5-10-21(19,20)17-8-6-15-7-9-17/h1-4,15H,5-10H2,(H,16,18). The van der Waals surface area contributed by atoms with Gasteiger partial charge in [0.05, 0.1) is 5.75 Å². The Morgan fingerprint density at radius 2 is 1.86 bits per heavy atom. The molecular formula is C13H18FN3O3S. The number of anilines is 1. The van der Waals surface area contributed by atoms with Crippen molar-refractivity contribution in [3.8, 4) is 0 Å². The monoisotopic (exact) mass is 315 g/mol.